The molecule has 0 saturated carbocycles. The number of pyridine rings is 2. The molecule has 3 rings (SSSR count). The van der Waals surface area contributed by atoms with E-state index >= 15 is 0 Å². The molecule has 0 aromatic carbocycles. The van der Waals surface area contributed by atoms with E-state index in [2.05, 4.69) is 26.9 Å². The topological polar surface area (TPSA) is 54.5 Å². The van der Waals surface area contributed by atoms with Gasteiger partial charge in [-0.05, 0) is 42.7 Å². The summed E-state index contributed by atoms with van der Waals surface area (Å²) in [7, 11) is 0. The molecule has 0 bridgehead atoms. The second kappa shape index (κ2) is 4.56. The number of rotatable bonds is 3. The summed E-state index contributed by atoms with van der Waals surface area (Å²) in [5.41, 5.74) is 4.31. The third kappa shape index (κ3) is 2.09. The molecule has 1 N–H and O–H groups in total. The Bertz CT molecular complexity index is 658. The van der Waals surface area contributed by atoms with E-state index in [4.69, 9.17) is 0 Å². The molecule has 4 heteroatoms. The first-order valence-corrected chi connectivity index (χ1v) is 6.02. The van der Waals surface area contributed by atoms with E-state index in [0.29, 0.717) is 0 Å². The van der Waals surface area contributed by atoms with Crippen molar-refractivity contribution in [3.63, 3.8) is 0 Å². The number of nitrogens with zero attached hydrogens (tertiary/aromatic N) is 3. The molecule has 0 fully saturated rings. The number of aromatic amines is 1. The van der Waals surface area contributed by atoms with Crippen LogP contribution in [0.5, 0.6) is 0 Å². The van der Waals surface area contributed by atoms with Crippen LogP contribution in [0.3, 0.4) is 0 Å². The first-order chi connectivity index (χ1) is 8.83. The minimum absolute atomic E-state index is 0.805. The molecule has 0 saturated heterocycles. The Morgan fingerprint density at radius 1 is 1.06 bits per heavy atom. The number of nitrogens with one attached hydrogen (secondary N) is 1. The molecule has 0 atom stereocenters. The highest BCUT2D eigenvalue weighted by molar-refractivity contribution is 5.74. The van der Waals surface area contributed by atoms with Crippen molar-refractivity contribution in [2.24, 2.45) is 0 Å². The number of hydrogen-bond acceptors (Lipinski definition) is 3. The molecule has 0 unspecified atom stereocenters. The number of fused-ring (bicyclic) bond motifs is 1. The first kappa shape index (κ1) is 10.9. The summed E-state index contributed by atoms with van der Waals surface area (Å²) in [5.74, 6) is 0.989. The van der Waals surface area contributed by atoms with Crippen LogP contribution in [0.15, 0.2) is 36.8 Å². The summed E-state index contributed by atoms with van der Waals surface area (Å²) in [5, 5.41) is 0. The van der Waals surface area contributed by atoms with Crippen molar-refractivity contribution in [2.45, 2.75) is 19.8 Å². The Hall–Kier alpha value is -2.23. The molecule has 90 valence electrons. The molecule has 0 radical (unpaired) electrons. The van der Waals surface area contributed by atoms with Crippen LogP contribution in [-0.2, 0) is 12.8 Å². The Labute approximate surface area is 105 Å². The second-order valence-corrected chi connectivity index (χ2v) is 4.37. The predicted octanol–water partition coefficient (Wildman–Crippen LogP) is 2.45. The van der Waals surface area contributed by atoms with Crippen LogP contribution in [0.1, 0.15) is 17.0 Å². The zero-order chi connectivity index (χ0) is 12.4. The minimum atomic E-state index is 0.805. The summed E-state index contributed by atoms with van der Waals surface area (Å²) < 4.78 is 0. The summed E-state index contributed by atoms with van der Waals surface area (Å²) in [6.45, 7) is 2.06. The second-order valence-electron chi connectivity index (χ2n) is 4.37. The number of hydrogen-bond donors (Lipinski definition) is 1. The minimum Gasteiger partial charge on any atom is -0.340 e. The van der Waals surface area contributed by atoms with Gasteiger partial charge in [-0.2, -0.15) is 0 Å². The lowest BCUT2D eigenvalue weighted by atomic mass is 10.1. The standard InChI is InChI=1S/C14H14N4/c1-10-4-9-16-14-13(10)17-12(18-14)3-2-11-5-7-15-8-6-11/h4-9H,2-3H2,1H3,(H,16,17,18). The van der Waals surface area contributed by atoms with Crippen molar-refractivity contribution in [1.29, 1.82) is 0 Å². The first-order valence-electron chi connectivity index (χ1n) is 6.02. The van der Waals surface area contributed by atoms with Crippen LogP contribution >= 0.6 is 0 Å². The molecule has 0 aliphatic carbocycles. The predicted molar refractivity (Wildman–Crippen MR) is 70.3 cm³/mol. The summed E-state index contributed by atoms with van der Waals surface area (Å²) >= 11 is 0. The van der Waals surface area contributed by atoms with E-state index in [1.54, 1.807) is 6.20 Å². The molecule has 0 amide bonds. The molecule has 3 aromatic rings. The maximum atomic E-state index is 4.51. The van der Waals surface area contributed by atoms with Gasteiger partial charge in [0.2, 0.25) is 0 Å². The van der Waals surface area contributed by atoms with Gasteiger partial charge in [-0.1, -0.05) is 0 Å². The average Bonchev–Trinajstić information content (AvgIpc) is 2.82. The normalized spacial score (nSPS) is 10.9. The Kier molecular flexibility index (Phi) is 2.76. The van der Waals surface area contributed by atoms with Crippen LogP contribution in [0.25, 0.3) is 11.2 Å². The van der Waals surface area contributed by atoms with Gasteiger partial charge < -0.3 is 4.98 Å². The Balaban J connectivity index is 1.81. The Morgan fingerprint density at radius 3 is 2.67 bits per heavy atom. The molecule has 3 aromatic heterocycles. The van der Waals surface area contributed by atoms with Gasteiger partial charge in [-0.3, -0.25) is 4.98 Å². The number of aromatic nitrogens is 4. The molecule has 0 aliphatic heterocycles. The lowest BCUT2D eigenvalue weighted by molar-refractivity contribution is 0.886. The van der Waals surface area contributed by atoms with E-state index < -0.39 is 0 Å². The molecule has 3 heterocycles. The van der Waals surface area contributed by atoms with Gasteiger partial charge in [-0.25, -0.2) is 9.97 Å². The smallest absolute Gasteiger partial charge is 0.177 e. The SMILES string of the molecule is Cc1ccnc2nc(CCc3ccncc3)[nH]c12. The van der Waals surface area contributed by atoms with Crippen molar-refractivity contribution in [2.75, 3.05) is 0 Å². The van der Waals surface area contributed by atoms with E-state index in [0.717, 1.165) is 29.8 Å². The van der Waals surface area contributed by atoms with Crippen LogP contribution in [0, 0.1) is 6.92 Å². The fourth-order valence-corrected chi connectivity index (χ4v) is 2.01. The highest BCUT2D eigenvalue weighted by Crippen LogP contribution is 2.14. The highest BCUT2D eigenvalue weighted by atomic mass is 15.0. The fourth-order valence-electron chi connectivity index (χ4n) is 2.01. The van der Waals surface area contributed by atoms with Crippen molar-refractivity contribution in [1.82, 2.24) is 19.9 Å². The number of aryl methyl sites for hydroxylation is 3. The molecule has 0 spiro atoms. The van der Waals surface area contributed by atoms with Crippen LogP contribution in [0.4, 0.5) is 0 Å². The maximum absolute atomic E-state index is 4.51. The number of H-pyrrole nitrogens is 1. The number of imidazole rings is 1. The van der Waals surface area contributed by atoms with Crippen molar-refractivity contribution in [3.8, 4) is 0 Å². The van der Waals surface area contributed by atoms with Gasteiger partial charge in [-0.15, -0.1) is 0 Å². The third-order valence-corrected chi connectivity index (χ3v) is 3.05. The summed E-state index contributed by atoms with van der Waals surface area (Å²) in [4.78, 5) is 16.1. The van der Waals surface area contributed by atoms with Gasteiger partial charge in [0.05, 0.1) is 5.52 Å². The van der Waals surface area contributed by atoms with Gasteiger partial charge in [0, 0.05) is 25.0 Å². The van der Waals surface area contributed by atoms with Gasteiger partial charge in [0.1, 0.15) is 5.82 Å². The summed E-state index contributed by atoms with van der Waals surface area (Å²) in [6.07, 6.45) is 7.28. The van der Waals surface area contributed by atoms with Gasteiger partial charge in [0.25, 0.3) is 0 Å². The molecule has 0 aliphatic rings. The van der Waals surface area contributed by atoms with Gasteiger partial charge in [0.15, 0.2) is 5.65 Å². The molecular formula is C14H14N4. The lowest BCUT2D eigenvalue weighted by Crippen LogP contribution is -1.93. The highest BCUT2D eigenvalue weighted by Gasteiger charge is 2.05. The zero-order valence-corrected chi connectivity index (χ0v) is 10.2. The molecule has 18 heavy (non-hydrogen) atoms. The maximum Gasteiger partial charge on any atom is 0.177 e. The van der Waals surface area contributed by atoms with E-state index in [9.17, 15) is 0 Å². The van der Waals surface area contributed by atoms with Crippen molar-refractivity contribution < 1.29 is 0 Å². The Morgan fingerprint density at radius 2 is 1.89 bits per heavy atom. The zero-order valence-electron chi connectivity index (χ0n) is 10.2. The van der Waals surface area contributed by atoms with Crippen LogP contribution in [-0.4, -0.2) is 19.9 Å². The fraction of sp³-hybridized carbons (Fsp3) is 0.214. The summed E-state index contributed by atoms with van der Waals surface area (Å²) in [6, 6.07) is 6.06. The van der Waals surface area contributed by atoms with E-state index in [1.807, 2.05) is 30.6 Å². The molecular weight excluding hydrogens is 224 g/mol. The van der Waals surface area contributed by atoms with Crippen LogP contribution in [0.2, 0.25) is 0 Å². The molecule has 4 nitrogen and oxygen atoms in total. The third-order valence-electron chi connectivity index (χ3n) is 3.05. The van der Waals surface area contributed by atoms with Gasteiger partial charge >= 0.3 is 0 Å². The largest absolute Gasteiger partial charge is 0.340 e. The van der Waals surface area contributed by atoms with E-state index in [-0.39, 0.29) is 0 Å². The van der Waals surface area contributed by atoms with Crippen LogP contribution < -0.4 is 0 Å². The lowest BCUT2D eigenvalue weighted by Gasteiger charge is -1.97. The van der Waals surface area contributed by atoms with Crippen molar-refractivity contribution >= 4 is 11.2 Å². The quantitative estimate of drug-likeness (QED) is 0.762. The monoisotopic (exact) mass is 238 g/mol. The van der Waals surface area contributed by atoms with E-state index in [1.165, 1.54) is 11.1 Å². The average molecular weight is 238 g/mol. The van der Waals surface area contributed by atoms with Crippen molar-refractivity contribution in [3.05, 3.63) is 53.7 Å².